The molecule has 1 fully saturated rings. The summed E-state index contributed by atoms with van der Waals surface area (Å²) in [6.45, 7) is 9.04. The average Bonchev–Trinajstić information content (AvgIpc) is 2.27. The standard InChI is InChI=1S/C18H28O/c1-13-6-5-7-15(10-13)12-18(3,4)16-9-8-14(2)11-17(16)19/h5-7,10,14,16-17,19H,8-9,11-12H2,1-4H3. The largest absolute Gasteiger partial charge is 0.393 e. The number of aliphatic hydroxyl groups is 1. The molecule has 1 aliphatic carbocycles. The van der Waals surface area contributed by atoms with Gasteiger partial charge < -0.3 is 5.11 Å². The van der Waals surface area contributed by atoms with E-state index in [2.05, 4.69) is 52.0 Å². The maximum atomic E-state index is 10.4. The van der Waals surface area contributed by atoms with Gasteiger partial charge in [-0.3, -0.25) is 0 Å². The molecule has 0 spiro atoms. The van der Waals surface area contributed by atoms with Crippen molar-refractivity contribution in [1.82, 2.24) is 0 Å². The first-order valence-electron chi connectivity index (χ1n) is 7.62. The molecule has 0 aromatic heterocycles. The molecule has 106 valence electrons. The Bertz CT molecular complexity index is 421. The summed E-state index contributed by atoms with van der Waals surface area (Å²) in [5.74, 6) is 1.12. The Morgan fingerprint density at radius 3 is 2.63 bits per heavy atom. The Labute approximate surface area is 118 Å². The van der Waals surface area contributed by atoms with E-state index in [0.29, 0.717) is 11.8 Å². The van der Waals surface area contributed by atoms with E-state index in [9.17, 15) is 5.11 Å². The predicted octanol–water partition coefficient (Wildman–Crippen LogP) is 4.36. The first-order valence-corrected chi connectivity index (χ1v) is 7.62. The molecule has 19 heavy (non-hydrogen) atoms. The van der Waals surface area contributed by atoms with E-state index < -0.39 is 0 Å². The summed E-state index contributed by atoms with van der Waals surface area (Å²) in [6.07, 6.45) is 4.34. The summed E-state index contributed by atoms with van der Waals surface area (Å²) in [4.78, 5) is 0. The lowest BCUT2D eigenvalue weighted by molar-refractivity contribution is -0.0125. The normalized spacial score (nSPS) is 28.4. The lowest BCUT2D eigenvalue weighted by Gasteiger charge is -2.42. The monoisotopic (exact) mass is 260 g/mol. The highest BCUT2D eigenvalue weighted by atomic mass is 16.3. The highest BCUT2D eigenvalue weighted by Gasteiger charge is 2.38. The van der Waals surface area contributed by atoms with Crippen molar-refractivity contribution >= 4 is 0 Å². The lowest BCUT2D eigenvalue weighted by Crippen LogP contribution is -2.39. The summed E-state index contributed by atoms with van der Waals surface area (Å²) in [6, 6.07) is 8.78. The van der Waals surface area contributed by atoms with Crippen LogP contribution in [0.3, 0.4) is 0 Å². The van der Waals surface area contributed by atoms with Crippen molar-refractivity contribution in [3.63, 3.8) is 0 Å². The second-order valence-corrected chi connectivity index (χ2v) is 7.25. The number of rotatable bonds is 3. The Morgan fingerprint density at radius 1 is 1.26 bits per heavy atom. The molecule has 1 aliphatic rings. The first-order chi connectivity index (χ1) is 8.88. The van der Waals surface area contributed by atoms with Crippen LogP contribution < -0.4 is 0 Å². The fourth-order valence-corrected chi connectivity index (χ4v) is 3.74. The van der Waals surface area contributed by atoms with Crippen molar-refractivity contribution < 1.29 is 5.11 Å². The summed E-state index contributed by atoms with van der Waals surface area (Å²) in [5, 5.41) is 10.4. The molecule has 1 heteroatoms. The van der Waals surface area contributed by atoms with Gasteiger partial charge in [-0.25, -0.2) is 0 Å². The minimum atomic E-state index is -0.122. The van der Waals surface area contributed by atoms with Crippen molar-refractivity contribution in [2.24, 2.45) is 17.3 Å². The van der Waals surface area contributed by atoms with E-state index in [1.54, 1.807) is 0 Å². The summed E-state index contributed by atoms with van der Waals surface area (Å²) in [5.41, 5.74) is 2.90. The molecule has 0 amide bonds. The number of hydrogen-bond acceptors (Lipinski definition) is 1. The van der Waals surface area contributed by atoms with Crippen molar-refractivity contribution in [3.8, 4) is 0 Å². The first kappa shape index (κ1) is 14.6. The third kappa shape index (κ3) is 3.60. The number of aliphatic hydroxyl groups excluding tert-OH is 1. The molecule has 3 atom stereocenters. The molecule has 0 aliphatic heterocycles. The summed E-state index contributed by atoms with van der Waals surface area (Å²) >= 11 is 0. The van der Waals surface area contributed by atoms with Crippen molar-refractivity contribution in [2.45, 2.75) is 59.5 Å². The molecular weight excluding hydrogens is 232 g/mol. The van der Waals surface area contributed by atoms with Crippen LogP contribution in [0.5, 0.6) is 0 Å². The fraction of sp³-hybridized carbons (Fsp3) is 0.667. The molecule has 3 unspecified atom stereocenters. The van der Waals surface area contributed by atoms with Gasteiger partial charge in [0.25, 0.3) is 0 Å². The van der Waals surface area contributed by atoms with E-state index in [1.807, 2.05) is 0 Å². The molecule has 0 saturated heterocycles. The molecule has 2 rings (SSSR count). The smallest absolute Gasteiger partial charge is 0.0576 e. The Hall–Kier alpha value is -0.820. The maximum Gasteiger partial charge on any atom is 0.0576 e. The molecular formula is C18H28O. The van der Waals surface area contributed by atoms with Gasteiger partial charge in [0.05, 0.1) is 6.10 Å². The fourth-order valence-electron chi connectivity index (χ4n) is 3.74. The summed E-state index contributed by atoms with van der Waals surface area (Å²) in [7, 11) is 0. The second kappa shape index (κ2) is 5.66. The molecule has 0 bridgehead atoms. The van der Waals surface area contributed by atoms with Gasteiger partial charge in [0, 0.05) is 0 Å². The van der Waals surface area contributed by atoms with E-state index in [1.165, 1.54) is 24.0 Å². The zero-order valence-corrected chi connectivity index (χ0v) is 12.8. The number of aryl methyl sites for hydroxylation is 1. The second-order valence-electron chi connectivity index (χ2n) is 7.25. The van der Waals surface area contributed by atoms with Gasteiger partial charge in [0.1, 0.15) is 0 Å². The van der Waals surface area contributed by atoms with Gasteiger partial charge in [-0.2, -0.15) is 0 Å². The third-order valence-corrected chi connectivity index (χ3v) is 4.82. The summed E-state index contributed by atoms with van der Waals surface area (Å²) < 4.78 is 0. The van der Waals surface area contributed by atoms with Crippen molar-refractivity contribution in [1.29, 1.82) is 0 Å². The van der Waals surface area contributed by atoms with E-state index >= 15 is 0 Å². The van der Waals surface area contributed by atoms with Gasteiger partial charge in [-0.1, -0.05) is 57.0 Å². The lowest BCUT2D eigenvalue weighted by atomic mass is 9.65. The van der Waals surface area contributed by atoms with Crippen LogP contribution in [0.4, 0.5) is 0 Å². The highest BCUT2D eigenvalue weighted by Crippen LogP contribution is 2.42. The van der Waals surface area contributed by atoms with Crippen LogP contribution in [0.2, 0.25) is 0 Å². The van der Waals surface area contributed by atoms with E-state index in [4.69, 9.17) is 0 Å². The SMILES string of the molecule is Cc1cccc(CC(C)(C)C2CCC(C)CC2O)c1. The minimum Gasteiger partial charge on any atom is -0.393 e. The molecule has 0 radical (unpaired) electrons. The topological polar surface area (TPSA) is 20.2 Å². The Balaban J connectivity index is 2.09. The predicted molar refractivity (Wildman–Crippen MR) is 81.2 cm³/mol. The molecule has 0 heterocycles. The quantitative estimate of drug-likeness (QED) is 0.856. The van der Waals surface area contributed by atoms with Crippen LogP contribution >= 0.6 is 0 Å². The number of hydrogen-bond donors (Lipinski definition) is 1. The van der Waals surface area contributed by atoms with Gasteiger partial charge in [0.2, 0.25) is 0 Å². The van der Waals surface area contributed by atoms with E-state index in [-0.39, 0.29) is 11.5 Å². The Kier molecular flexibility index (Phi) is 4.35. The molecule has 1 aromatic rings. The van der Waals surface area contributed by atoms with Crippen LogP contribution in [0, 0.1) is 24.2 Å². The molecule has 1 N–H and O–H groups in total. The Morgan fingerprint density at radius 2 is 2.00 bits per heavy atom. The van der Waals surface area contributed by atoms with Crippen LogP contribution in [-0.4, -0.2) is 11.2 Å². The van der Waals surface area contributed by atoms with Crippen molar-refractivity contribution in [3.05, 3.63) is 35.4 Å². The van der Waals surface area contributed by atoms with Crippen LogP contribution in [0.15, 0.2) is 24.3 Å². The van der Waals surface area contributed by atoms with Gasteiger partial charge in [0.15, 0.2) is 0 Å². The van der Waals surface area contributed by atoms with Crippen molar-refractivity contribution in [2.75, 3.05) is 0 Å². The minimum absolute atomic E-state index is 0.122. The van der Waals surface area contributed by atoms with E-state index in [0.717, 1.165) is 12.8 Å². The van der Waals surface area contributed by atoms with Crippen LogP contribution in [0.25, 0.3) is 0 Å². The highest BCUT2D eigenvalue weighted by molar-refractivity contribution is 5.23. The molecule has 1 saturated carbocycles. The number of benzene rings is 1. The zero-order valence-electron chi connectivity index (χ0n) is 12.8. The van der Waals surface area contributed by atoms with Gasteiger partial charge in [-0.15, -0.1) is 0 Å². The zero-order chi connectivity index (χ0) is 14.0. The van der Waals surface area contributed by atoms with Gasteiger partial charge in [-0.05, 0) is 49.0 Å². The molecule has 1 nitrogen and oxygen atoms in total. The average molecular weight is 260 g/mol. The maximum absolute atomic E-state index is 10.4. The molecule has 1 aromatic carbocycles. The van der Waals surface area contributed by atoms with Crippen LogP contribution in [0.1, 0.15) is 51.2 Å². The van der Waals surface area contributed by atoms with Gasteiger partial charge >= 0.3 is 0 Å². The van der Waals surface area contributed by atoms with Crippen LogP contribution in [-0.2, 0) is 6.42 Å². The third-order valence-electron chi connectivity index (χ3n) is 4.82.